The first-order valence-corrected chi connectivity index (χ1v) is 6.21. The third-order valence-electron chi connectivity index (χ3n) is 2.55. The van der Waals surface area contributed by atoms with E-state index in [4.69, 9.17) is 5.73 Å². The lowest BCUT2D eigenvalue weighted by Gasteiger charge is -2.21. The number of hydrogen-bond acceptors (Lipinski definition) is 3. The highest BCUT2D eigenvalue weighted by Gasteiger charge is 2.30. The molecule has 1 saturated heterocycles. The minimum Gasteiger partial charge on any atom is -0.370 e. The Morgan fingerprint density at radius 1 is 1.80 bits per heavy atom. The van der Waals surface area contributed by atoms with Crippen LogP contribution < -0.4 is 11.1 Å². The lowest BCUT2D eigenvalue weighted by atomic mass is 10.0. The zero-order chi connectivity index (χ0) is 11.5. The lowest BCUT2D eigenvalue weighted by molar-refractivity contribution is -0.118. The molecule has 86 valence electrons. The van der Waals surface area contributed by atoms with Crippen LogP contribution in [0.25, 0.3) is 0 Å². The van der Waals surface area contributed by atoms with Gasteiger partial charge in [0.15, 0.2) is 5.17 Å². The molecule has 1 aliphatic heterocycles. The summed E-state index contributed by atoms with van der Waals surface area (Å²) in [5.41, 5.74) is 5.26. The van der Waals surface area contributed by atoms with Gasteiger partial charge in [0.25, 0.3) is 0 Å². The SMILES string of the molecule is CCC1(C)CSC(=NC(C)CC(N)=O)N1. The van der Waals surface area contributed by atoms with Gasteiger partial charge in [-0.1, -0.05) is 18.7 Å². The number of thioether (sulfide) groups is 1. The maximum absolute atomic E-state index is 10.7. The number of carbonyl (C=O) groups is 1. The van der Waals surface area contributed by atoms with Gasteiger partial charge >= 0.3 is 0 Å². The molecular weight excluding hydrogens is 210 g/mol. The summed E-state index contributed by atoms with van der Waals surface area (Å²) in [4.78, 5) is 15.1. The van der Waals surface area contributed by atoms with Crippen molar-refractivity contribution in [3.05, 3.63) is 0 Å². The topological polar surface area (TPSA) is 67.5 Å². The molecule has 0 radical (unpaired) electrons. The Morgan fingerprint density at radius 2 is 2.47 bits per heavy atom. The summed E-state index contributed by atoms with van der Waals surface area (Å²) in [6.07, 6.45) is 1.39. The summed E-state index contributed by atoms with van der Waals surface area (Å²) in [6.45, 7) is 6.24. The van der Waals surface area contributed by atoms with E-state index in [1.165, 1.54) is 0 Å². The van der Waals surface area contributed by atoms with E-state index in [0.717, 1.165) is 17.3 Å². The molecule has 1 fully saturated rings. The first kappa shape index (κ1) is 12.4. The van der Waals surface area contributed by atoms with E-state index in [9.17, 15) is 4.79 Å². The van der Waals surface area contributed by atoms with Crippen molar-refractivity contribution in [3.63, 3.8) is 0 Å². The number of nitrogens with one attached hydrogen (secondary N) is 1. The van der Waals surface area contributed by atoms with Gasteiger partial charge in [-0.3, -0.25) is 9.79 Å². The summed E-state index contributed by atoms with van der Waals surface area (Å²) in [7, 11) is 0. The number of primary amides is 1. The molecule has 1 amide bonds. The molecule has 0 spiro atoms. The fraction of sp³-hybridized carbons (Fsp3) is 0.800. The normalized spacial score (nSPS) is 30.2. The van der Waals surface area contributed by atoms with E-state index in [1.54, 1.807) is 11.8 Å². The molecule has 0 saturated carbocycles. The Balaban J connectivity index is 2.52. The first-order valence-electron chi connectivity index (χ1n) is 5.22. The van der Waals surface area contributed by atoms with Gasteiger partial charge in [0.2, 0.25) is 5.91 Å². The third kappa shape index (κ3) is 3.74. The molecule has 0 aromatic heterocycles. The van der Waals surface area contributed by atoms with Gasteiger partial charge in [0.05, 0.1) is 6.04 Å². The highest BCUT2D eigenvalue weighted by Crippen LogP contribution is 2.25. The van der Waals surface area contributed by atoms with Gasteiger partial charge < -0.3 is 11.1 Å². The van der Waals surface area contributed by atoms with E-state index >= 15 is 0 Å². The molecule has 1 heterocycles. The molecule has 2 unspecified atom stereocenters. The van der Waals surface area contributed by atoms with Crippen molar-refractivity contribution >= 4 is 22.8 Å². The van der Waals surface area contributed by atoms with Crippen LogP contribution in [0.15, 0.2) is 4.99 Å². The zero-order valence-corrected chi connectivity index (χ0v) is 10.4. The zero-order valence-electron chi connectivity index (χ0n) is 9.54. The number of aliphatic imine (C=N–C) groups is 1. The van der Waals surface area contributed by atoms with Gasteiger partial charge in [-0.05, 0) is 20.3 Å². The van der Waals surface area contributed by atoms with Crippen LogP contribution >= 0.6 is 11.8 Å². The van der Waals surface area contributed by atoms with Crippen LogP contribution in [0, 0.1) is 0 Å². The second-order valence-corrected chi connectivity index (χ2v) is 5.25. The van der Waals surface area contributed by atoms with Crippen molar-refractivity contribution in [1.29, 1.82) is 0 Å². The molecular formula is C10H19N3OS. The van der Waals surface area contributed by atoms with E-state index in [1.807, 2.05) is 6.92 Å². The van der Waals surface area contributed by atoms with Crippen LogP contribution in [-0.4, -0.2) is 28.4 Å². The molecule has 0 bridgehead atoms. The maximum atomic E-state index is 10.7. The van der Waals surface area contributed by atoms with E-state index < -0.39 is 0 Å². The van der Waals surface area contributed by atoms with Crippen molar-refractivity contribution in [2.75, 3.05) is 5.75 Å². The summed E-state index contributed by atoms with van der Waals surface area (Å²) < 4.78 is 0. The number of nitrogens with two attached hydrogens (primary N) is 1. The fourth-order valence-corrected chi connectivity index (χ4v) is 2.66. The van der Waals surface area contributed by atoms with E-state index in [2.05, 4.69) is 24.2 Å². The molecule has 0 aliphatic carbocycles. The van der Waals surface area contributed by atoms with Crippen molar-refractivity contribution in [2.24, 2.45) is 10.7 Å². The monoisotopic (exact) mass is 229 g/mol. The second-order valence-electron chi connectivity index (χ2n) is 4.28. The Hall–Kier alpha value is -0.710. The van der Waals surface area contributed by atoms with Gasteiger partial charge in [0.1, 0.15) is 0 Å². The highest BCUT2D eigenvalue weighted by atomic mass is 32.2. The summed E-state index contributed by atoms with van der Waals surface area (Å²) in [6, 6.07) is -0.0308. The van der Waals surface area contributed by atoms with Crippen LogP contribution in [0.1, 0.15) is 33.6 Å². The van der Waals surface area contributed by atoms with Crippen molar-refractivity contribution in [1.82, 2.24) is 5.32 Å². The molecule has 3 N–H and O–H groups in total. The predicted molar refractivity (Wildman–Crippen MR) is 65.0 cm³/mol. The average Bonchev–Trinajstić information content (AvgIpc) is 2.47. The smallest absolute Gasteiger partial charge is 0.219 e. The number of nitrogens with zero attached hydrogens (tertiary/aromatic N) is 1. The maximum Gasteiger partial charge on any atom is 0.219 e. The van der Waals surface area contributed by atoms with Crippen molar-refractivity contribution in [3.8, 4) is 0 Å². The Labute approximate surface area is 95.1 Å². The molecule has 0 aromatic rings. The number of amidine groups is 1. The standard InChI is InChI=1S/C10H19N3OS/c1-4-10(3)6-15-9(13-10)12-7(2)5-8(11)14/h7H,4-6H2,1-3H3,(H2,11,14)(H,12,13). The quantitative estimate of drug-likeness (QED) is 0.759. The molecule has 5 heteroatoms. The number of hydrogen-bond donors (Lipinski definition) is 2. The molecule has 15 heavy (non-hydrogen) atoms. The molecule has 0 aromatic carbocycles. The van der Waals surface area contributed by atoms with E-state index in [0.29, 0.717) is 6.42 Å². The average molecular weight is 229 g/mol. The Kier molecular flexibility index (Phi) is 4.02. The fourth-order valence-electron chi connectivity index (χ4n) is 1.35. The third-order valence-corrected chi connectivity index (χ3v) is 3.81. The van der Waals surface area contributed by atoms with Gasteiger partial charge in [-0.2, -0.15) is 0 Å². The second kappa shape index (κ2) is 4.88. The molecule has 1 rings (SSSR count). The van der Waals surface area contributed by atoms with Crippen LogP contribution in [0.5, 0.6) is 0 Å². The lowest BCUT2D eigenvalue weighted by Crippen LogP contribution is -2.40. The summed E-state index contributed by atoms with van der Waals surface area (Å²) in [5.74, 6) is 0.735. The summed E-state index contributed by atoms with van der Waals surface area (Å²) in [5, 5.41) is 4.32. The predicted octanol–water partition coefficient (Wildman–Crippen LogP) is 1.11. The first-order chi connectivity index (χ1) is 6.95. The number of carbonyl (C=O) groups excluding carboxylic acids is 1. The highest BCUT2D eigenvalue weighted by molar-refractivity contribution is 8.14. The molecule has 1 aliphatic rings. The van der Waals surface area contributed by atoms with Crippen LogP contribution in [0.2, 0.25) is 0 Å². The molecule has 4 nitrogen and oxygen atoms in total. The van der Waals surface area contributed by atoms with Crippen molar-refractivity contribution in [2.45, 2.75) is 45.2 Å². The van der Waals surface area contributed by atoms with Crippen LogP contribution in [-0.2, 0) is 4.79 Å². The Morgan fingerprint density at radius 3 is 2.93 bits per heavy atom. The summed E-state index contributed by atoms with van der Waals surface area (Å²) >= 11 is 1.72. The van der Waals surface area contributed by atoms with E-state index in [-0.39, 0.29) is 17.5 Å². The molecule has 2 atom stereocenters. The van der Waals surface area contributed by atoms with Gasteiger partial charge in [-0.25, -0.2) is 0 Å². The largest absolute Gasteiger partial charge is 0.370 e. The number of amides is 1. The van der Waals surface area contributed by atoms with Crippen LogP contribution in [0.3, 0.4) is 0 Å². The number of rotatable bonds is 4. The van der Waals surface area contributed by atoms with Gasteiger partial charge in [-0.15, -0.1) is 0 Å². The van der Waals surface area contributed by atoms with Crippen LogP contribution in [0.4, 0.5) is 0 Å². The van der Waals surface area contributed by atoms with Crippen molar-refractivity contribution < 1.29 is 4.79 Å². The minimum absolute atomic E-state index is 0.0308. The Bertz CT molecular complexity index is 280. The minimum atomic E-state index is -0.298. The van der Waals surface area contributed by atoms with Gasteiger partial charge in [0, 0.05) is 17.7 Å².